The topological polar surface area (TPSA) is 62.3 Å². The van der Waals surface area contributed by atoms with E-state index in [2.05, 4.69) is 162 Å². The Morgan fingerprint density at radius 1 is 0.222 bits per heavy atom. The molecule has 10 nitrogen and oxygen atoms in total. The summed E-state index contributed by atoms with van der Waals surface area (Å²) in [4.78, 5) is 0. The lowest BCUT2D eigenvalue weighted by Crippen LogP contribution is -2.39. The molecule has 0 amide bonds. The van der Waals surface area contributed by atoms with Gasteiger partial charge in [-0.25, -0.2) is 23.4 Å². The minimum atomic E-state index is -1.58. The van der Waals surface area contributed by atoms with E-state index < -0.39 is 42.6 Å². The average molecular weight is 736 g/mol. The van der Waals surface area contributed by atoms with E-state index >= 15 is 0 Å². The standard InChI is InChI=1S/C30H70N5O5P5/c1-21(2)31(22(3)4)41-36-42(32(23(5)6)24(7)8)38-44(34(27(13)14)28(15)16)40-45(35(29(17)18)30(19)20)39-43(37-41)33(25(9)10)26(11)12/h21-30H,1-20H3. The van der Waals surface area contributed by atoms with Crippen LogP contribution in [-0.4, -0.2) is 83.8 Å². The van der Waals surface area contributed by atoms with E-state index in [9.17, 15) is 0 Å². The van der Waals surface area contributed by atoms with Crippen molar-refractivity contribution >= 4 is 42.6 Å². The Kier molecular flexibility index (Phi) is 20.5. The molecule has 15 heteroatoms. The van der Waals surface area contributed by atoms with Gasteiger partial charge in [0.1, 0.15) is 0 Å². The number of hydrogen-bond donors (Lipinski definition) is 0. The molecule has 0 aromatic carbocycles. The molecule has 1 rings (SSSR count). The molecular weight excluding hydrogens is 665 g/mol. The molecule has 0 aliphatic carbocycles. The van der Waals surface area contributed by atoms with E-state index in [4.69, 9.17) is 21.6 Å². The van der Waals surface area contributed by atoms with Crippen LogP contribution >= 0.6 is 42.6 Å². The average Bonchev–Trinajstić information content (AvgIpc) is 2.81. The minimum absolute atomic E-state index is 0.191. The lowest BCUT2D eigenvalue weighted by molar-refractivity contribution is 0.198. The van der Waals surface area contributed by atoms with Crippen LogP contribution in [0, 0.1) is 0 Å². The van der Waals surface area contributed by atoms with Crippen molar-refractivity contribution in [3.63, 3.8) is 0 Å². The fourth-order valence-electron chi connectivity index (χ4n) is 5.66. The smallest absolute Gasteiger partial charge is 0.256 e. The molecular formula is C30H70N5O5P5. The van der Waals surface area contributed by atoms with E-state index in [-0.39, 0.29) is 60.4 Å². The zero-order valence-corrected chi connectivity index (χ0v) is 36.8. The van der Waals surface area contributed by atoms with E-state index in [1.807, 2.05) is 0 Å². The molecule has 0 saturated carbocycles. The molecule has 0 N–H and O–H groups in total. The van der Waals surface area contributed by atoms with Gasteiger partial charge in [-0.15, -0.1) is 0 Å². The van der Waals surface area contributed by atoms with Gasteiger partial charge in [-0.3, -0.25) is 21.6 Å². The molecule has 1 fully saturated rings. The first-order valence-corrected chi connectivity index (χ1v) is 22.6. The first kappa shape index (κ1) is 44.8. The summed E-state index contributed by atoms with van der Waals surface area (Å²) in [7, 11) is -7.91. The molecule has 0 aromatic heterocycles. The third-order valence-electron chi connectivity index (χ3n) is 6.93. The Morgan fingerprint density at radius 2 is 0.311 bits per heavy atom. The Balaban J connectivity index is 4.18. The zero-order valence-electron chi connectivity index (χ0n) is 32.3. The van der Waals surface area contributed by atoms with Gasteiger partial charge in [0.25, 0.3) is 42.6 Å². The molecule has 1 aliphatic rings. The quantitative estimate of drug-likeness (QED) is 0.152. The molecule has 270 valence electrons. The van der Waals surface area contributed by atoms with Crippen LogP contribution in [0.4, 0.5) is 0 Å². The largest absolute Gasteiger partial charge is 0.272 e. The Morgan fingerprint density at radius 3 is 0.378 bits per heavy atom. The maximum absolute atomic E-state index is 7.22. The number of nitrogens with zero attached hydrogens (tertiary/aromatic N) is 5. The highest BCUT2D eigenvalue weighted by Gasteiger charge is 2.47. The summed E-state index contributed by atoms with van der Waals surface area (Å²) in [6, 6.07) is 1.91. The van der Waals surface area contributed by atoms with Crippen LogP contribution in [0.1, 0.15) is 138 Å². The highest BCUT2D eigenvalue weighted by atomic mass is 31.3. The SMILES string of the molecule is CC(C)N(C(C)C)P1OP(N(C(C)C)C(C)C)OP(N(C(C)C)C(C)C)OP(N(C(C)C)C(C)C)OP(N(C(C)C)C(C)C)O1. The molecule has 0 atom stereocenters. The maximum Gasteiger partial charge on any atom is 0.272 e. The molecule has 0 radical (unpaired) electrons. The van der Waals surface area contributed by atoms with Gasteiger partial charge in [0.2, 0.25) is 0 Å². The minimum Gasteiger partial charge on any atom is -0.256 e. The van der Waals surface area contributed by atoms with Crippen molar-refractivity contribution in [3.05, 3.63) is 0 Å². The first-order chi connectivity index (χ1) is 20.6. The summed E-state index contributed by atoms with van der Waals surface area (Å²) in [6.07, 6.45) is 0. The normalized spacial score (nSPS) is 25.0. The molecule has 1 aliphatic heterocycles. The molecule has 0 bridgehead atoms. The van der Waals surface area contributed by atoms with Gasteiger partial charge in [-0.1, -0.05) is 0 Å². The third kappa shape index (κ3) is 13.1. The highest BCUT2D eigenvalue weighted by molar-refractivity contribution is 7.72. The van der Waals surface area contributed by atoms with Gasteiger partial charge in [0.05, 0.1) is 0 Å². The van der Waals surface area contributed by atoms with Crippen LogP contribution in [0.15, 0.2) is 0 Å². The summed E-state index contributed by atoms with van der Waals surface area (Å²) < 4.78 is 47.9. The van der Waals surface area contributed by atoms with Crippen LogP contribution in [0.25, 0.3) is 0 Å². The van der Waals surface area contributed by atoms with Crippen LogP contribution in [0.5, 0.6) is 0 Å². The molecule has 45 heavy (non-hydrogen) atoms. The molecule has 1 heterocycles. The van der Waals surface area contributed by atoms with Crippen LogP contribution in [0.3, 0.4) is 0 Å². The summed E-state index contributed by atoms with van der Waals surface area (Å²) in [5.74, 6) is 0. The Hall–Kier alpha value is 1.75. The first-order valence-electron chi connectivity index (χ1n) is 17.0. The predicted molar refractivity (Wildman–Crippen MR) is 201 cm³/mol. The van der Waals surface area contributed by atoms with Crippen LogP contribution in [0.2, 0.25) is 0 Å². The summed E-state index contributed by atoms with van der Waals surface area (Å²) >= 11 is 0. The lowest BCUT2D eigenvalue weighted by Gasteiger charge is -2.48. The van der Waals surface area contributed by atoms with Crippen molar-refractivity contribution in [3.8, 4) is 0 Å². The van der Waals surface area contributed by atoms with E-state index in [1.54, 1.807) is 0 Å². The van der Waals surface area contributed by atoms with E-state index in [0.717, 1.165) is 0 Å². The van der Waals surface area contributed by atoms with Crippen LogP contribution in [-0.2, 0) is 21.6 Å². The van der Waals surface area contributed by atoms with Gasteiger partial charge in [-0.2, -0.15) is 0 Å². The van der Waals surface area contributed by atoms with E-state index in [0.29, 0.717) is 0 Å². The second kappa shape index (κ2) is 20.6. The third-order valence-corrected chi connectivity index (χ3v) is 19.0. The van der Waals surface area contributed by atoms with Crippen molar-refractivity contribution in [2.24, 2.45) is 0 Å². The fraction of sp³-hybridized carbons (Fsp3) is 1.00. The Bertz CT molecular complexity index is 627. The van der Waals surface area contributed by atoms with Crippen LogP contribution < -0.4 is 0 Å². The summed E-state index contributed by atoms with van der Waals surface area (Å²) in [5, 5.41) is 0. The number of hydrogen-bond acceptors (Lipinski definition) is 10. The Labute approximate surface area is 285 Å². The number of rotatable bonds is 15. The van der Waals surface area contributed by atoms with Crippen molar-refractivity contribution in [2.75, 3.05) is 0 Å². The summed E-state index contributed by atoms with van der Waals surface area (Å²) in [6.45, 7) is 44.3. The van der Waals surface area contributed by atoms with Gasteiger partial charge in [0, 0.05) is 60.4 Å². The summed E-state index contributed by atoms with van der Waals surface area (Å²) in [5.41, 5.74) is 0. The molecule has 1 saturated heterocycles. The fourth-order valence-corrected chi connectivity index (χ4v) is 17.1. The zero-order chi connectivity index (χ0) is 35.1. The van der Waals surface area contributed by atoms with Crippen molar-refractivity contribution in [1.82, 2.24) is 23.4 Å². The van der Waals surface area contributed by atoms with Gasteiger partial charge < -0.3 is 0 Å². The second-order valence-corrected chi connectivity index (χ2v) is 22.4. The monoisotopic (exact) mass is 735 g/mol. The van der Waals surface area contributed by atoms with E-state index in [1.165, 1.54) is 0 Å². The molecule has 0 spiro atoms. The van der Waals surface area contributed by atoms with Crippen molar-refractivity contribution in [2.45, 2.75) is 199 Å². The van der Waals surface area contributed by atoms with Gasteiger partial charge in [0.15, 0.2) is 0 Å². The lowest BCUT2D eigenvalue weighted by atomic mass is 10.3. The van der Waals surface area contributed by atoms with Gasteiger partial charge >= 0.3 is 0 Å². The van der Waals surface area contributed by atoms with Crippen molar-refractivity contribution in [1.29, 1.82) is 0 Å². The van der Waals surface area contributed by atoms with Gasteiger partial charge in [-0.05, 0) is 138 Å². The second-order valence-electron chi connectivity index (χ2n) is 14.4. The van der Waals surface area contributed by atoms with Crippen molar-refractivity contribution < 1.29 is 21.6 Å². The molecule has 0 aromatic rings. The molecule has 0 unspecified atom stereocenters. The maximum atomic E-state index is 7.22. The predicted octanol–water partition coefficient (Wildman–Crippen LogP) is 11.8. The highest BCUT2D eigenvalue weighted by Crippen LogP contribution is 2.77.